The molecule has 1 aromatic heterocycles. The fourth-order valence-corrected chi connectivity index (χ4v) is 2.87. The third-order valence-corrected chi connectivity index (χ3v) is 4.05. The van der Waals surface area contributed by atoms with Gasteiger partial charge in [0.1, 0.15) is 12.1 Å². The fourth-order valence-electron chi connectivity index (χ4n) is 1.48. The molecule has 0 radical (unpaired) electrons. The van der Waals surface area contributed by atoms with E-state index in [0.29, 0.717) is 17.7 Å². The first-order valence-corrected chi connectivity index (χ1v) is 6.81. The quantitative estimate of drug-likeness (QED) is 0.934. The first kappa shape index (κ1) is 12.6. The van der Waals surface area contributed by atoms with Crippen molar-refractivity contribution >= 4 is 33.0 Å². The topological polar surface area (TPSA) is 59.6 Å². The first-order valence-electron chi connectivity index (χ1n) is 5.14. The van der Waals surface area contributed by atoms with Crippen LogP contribution in [0.15, 0.2) is 34.1 Å². The molecule has 0 atom stereocenters. The Labute approximate surface area is 117 Å². The van der Waals surface area contributed by atoms with Gasteiger partial charge in [0.05, 0.1) is 11.1 Å². The molecular weight excluding hydrogens is 310 g/mol. The summed E-state index contributed by atoms with van der Waals surface area (Å²) in [7, 11) is 0. The van der Waals surface area contributed by atoms with Crippen LogP contribution in [-0.4, -0.2) is 0 Å². The second-order valence-corrected chi connectivity index (χ2v) is 5.48. The Morgan fingerprint density at radius 1 is 1.17 bits per heavy atom. The Bertz CT molecular complexity index is 649. The van der Waals surface area contributed by atoms with Crippen LogP contribution in [0.1, 0.15) is 16.0 Å². The van der Waals surface area contributed by atoms with Crippen LogP contribution in [0.4, 0.5) is 5.69 Å². The number of nitrogens with one attached hydrogen (secondary N) is 1. The Hall–Kier alpha value is -1.82. The zero-order valence-corrected chi connectivity index (χ0v) is 11.7. The van der Waals surface area contributed by atoms with Crippen LogP contribution in [0, 0.1) is 22.7 Å². The molecule has 0 saturated carbocycles. The summed E-state index contributed by atoms with van der Waals surface area (Å²) >= 11 is 5.06. The monoisotopic (exact) mass is 317 g/mol. The lowest BCUT2D eigenvalue weighted by Gasteiger charge is -2.05. The van der Waals surface area contributed by atoms with Crippen molar-refractivity contribution in [3.63, 3.8) is 0 Å². The maximum Gasteiger partial charge on any atom is 0.101 e. The van der Waals surface area contributed by atoms with Crippen molar-refractivity contribution in [2.45, 2.75) is 6.54 Å². The minimum atomic E-state index is 0.398. The number of nitriles is 2. The van der Waals surface area contributed by atoms with Crippen molar-refractivity contribution in [1.29, 1.82) is 10.5 Å². The lowest BCUT2D eigenvalue weighted by Crippen LogP contribution is -1.98. The van der Waals surface area contributed by atoms with E-state index in [2.05, 4.69) is 21.2 Å². The number of halogens is 1. The van der Waals surface area contributed by atoms with E-state index in [9.17, 15) is 0 Å². The highest BCUT2D eigenvalue weighted by Gasteiger charge is 2.03. The van der Waals surface area contributed by atoms with Gasteiger partial charge in [0.15, 0.2) is 0 Å². The summed E-state index contributed by atoms with van der Waals surface area (Å²) in [6.45, 7) is 0.701. The van der Waals surface area contributed by atoms with Crippen molar-refractivity contribution < 1.29 is 0 Å². The highest BCUT2D eigenvalue weighted by molar-refractivity contribution is 9.10. The average molecular weight is 318 g/mol. The highest BCUT2D eigenvalue weighted by atomic mass is 79.9. The van der Waals surface area contributed by atoms with E-state index in [1.54, 1.807) is 23.5 Å². The van der Waals surface area contributed by atoms with Gasteiger partial charge in [-0.3, -0.25) is 0 Å². The lowest BCUT2D eigenvalue weighted by atomic mass is 10.1. The molecule has 5 heteroatoms. The molecule has 0 aliphatic heterocycles. The molecule has 1 N–H and O–H groups in total. The number of anilines is 1. The van der Waals surface area contributed by atoms with E-state index >= 15 is 0 Å². The van der Waals surface area contributed by atoms with Crippen LogP contribution >= 0.6 is 27.3 Å². The van der Waals surface area contributed by atoms with Crippen molar-refractivity contribution in [3.05, 3.63) is 50.1 Å². The average Bonchev–Trinajstić information content (AvgIpc) is 2.81. The summed E-state index contributed by atoms with van der Waals surface area (Å²) < 4.78 is 1.07. The molecular formula is C13H8BrN3S. The fraction of sp³-hybridized carbons (Fsp3) is 0.0769. The Balaban J connectivity index is 2.11. The molecule has 2 aromatic rings. The molecule has 0 aliphatic carbocycles. The third kappa shape index (κ3) is 2.89. The van der Waals surface area contributed by atoms with Gasteiger partial charge in [-0.15, -0.1) is 11.3 Å². The molecule has 0 aliphatic rings. The van der Waals surface area contributed by atoms with E-state index in [4.69, 9.17) is 10.5 Å². The third-order valence-electron chi connectivity index (χ3n) is 2.35. The van der Waals surface area contributed by atoms with Crippen LogP contribution in [0.5, 0.6) is 0 Å². The smallest absolute Gasteiger partial charge is 0.101 e. The Kier molecular flexibility index (Phi) is 3.99. The van der Waals surface area contributed by atoms with Gasteiger partial charge in [-0.1, -0.05) is 0 Å². The second kappa shape index (κ2) is 5.68. The highest BCUT2D eigenvalue weighted by Crippen LogP contribution is 2.21. The molecule has 3 nitrogen and oxygen atoms in total. The molecule has 0 fully saturated rings. The van der Waals surface area contributed by atoms with Gasteiger partial charge in [-0.25, -0.2) is 0 Å². The molecule has 2 rings (SSSR count). The van der Waals surface area contributed by atoms with Gasteiger partial charge >= 0.3 is 0 Å². The Morgan fingerprint density at radius 3 is 2.56 bits per heavy atom. The molecule has 88 valence electrons. The van der Waals surface area contributed by atoms with Gasteiger partial charge in [0, 0.05) is 27.0 Å². The molecule has 0 bridgehead atoms. The second-order valence-electron chi connectivity index (χ2n) is 3.57. The van der Waals surface area contributed by atoms with Crippen LogP contribution in [0.3, 0.4) is 0 Å². The zero-order chi connectivity index (χ0) is 13.0. The predicted molar refractivity (Wildman–Crippen MR) is 75.2 cm³/mol. The van der Waals surface area contributed by atoms with Crippen molar-refractivity contribution in [2.75, 3.05) is 5.32 Å². The molecule has 0 amide bonds. The van der Waals surface area contributed by atoms with E-state index in [-0.39, 0.29) is 0 Å². The predicted octanol–water partition coefficient (Wildman–Crippen LogP) is 3.87. The summed E-state index contributed by atoms with van der Waals surface area (Å²) in [6, 6.07) is 11.2. The van der Waals surface area contributed by atoms with Crippen LogP contribution < -0.4 is 5.32 Å². The maximum absolute atomic E-state index is 8.93. The summed E-state index contributed by atoms with van der Waals surface area (Å²) in [5.41, 5.74) is 1.65. The molecule has 18 heavy (non-hydrogen) atoms. The Morgan fingerprint density at radius 2 is 1.94 bits per heavy atom. The van der Waals surface area contributed by atoms with E-state index in [0.717, 1.165) is 10.2 Å². The van der Waals surface area contributed by atoms with E-state index in [1.807, 2.05) is 29.7 Å². The number of thiophene rings is 1. The summed E-state index contributed by atoms with van der Waals surface area (Å²) in [5, 5.41) is 23.0. The molecule has 0 spiro atoms. The minimum absolute atomic E-state index is 0.398. The molecule has 1 aromatic carbocycles. The lowest BCUT2D eigenvalue weighted by molar-refractivity contribution is 1.19. The zero-order valence-electron chi connectivity index (χ0n) is 9.27. The standard InChI is InChI=1S/C13H8BrN3S/c14-11-4-13(18-8-11)7-17-12-2-1-9(5-15)10(3-12)6-16/h1-4,8,17H,7H2. The van der Waals surface area contributed by atoms with Gasteiger partial charge in [-0.05, 0) is 40.2 Å². The number of hydrogen-bond acceptors (Lipinski definition) is 4. The SMILES string of the molecule is N#Cc1ccc(NCc2cc(Br)cs2)cc1C#N. The largest absolute Gasteiger partial charge is 0.380 e. The first-order chi connectivity index (χ1) is 8.72. The molecule has 0 unspecified atom stereocenters. The minimum Gasteiger partial charge on any atom is -0.380 e. The number of hydrogen-bond donors (Lipinski definition) is 1. The molecule has 1 heterocycles. The summed E-state index contributed by atoms with van der Waals surface area (Å²) in [4.78, 5) is 1.20. The van der Waals surface area contributed by atoms with Crippen LogP contribution in [-0.2, 0) is 6.54 Å². The van der Waals surface area contributed by atoms with Crippen LogP contribution in [0.2, 0.25) is 0 Å². The van der Waals surface area contributed by atoms with Gasteiger partial charge in [-0.2, -0.15) is 10.5 Å². The van der Waals surface area contributed by atoms with Gasteiger partial charge < -0.3 is 5.32 Å². The normalized spacial score (nSPS) is 9.50. The van der Waals surface area contributed by atoms with Crippen LogP contribution in [0.25, 0.3) is 0 Å². The maximum atomic E-state index is 8.93. The van der Waals surface area contributed by atoms with Gasteiger partial charge in [0.2, 0.25) is 0 Å². The summed E-state index contributed by atoms with van der Waals surface area (Å²) in [5.74, 6) is 0. The van der Waals surface area contributed by atoms with Crippen molar-refractivity contribution in [2.24, 2.45) is 0 Å². The van der Waals surface area contributed by atoms with E-state index < -0.39 is 0 Å². The number of benzene rings is 1. The van der Waals surface area contributed by atoms with Gasteiger partial charge in [0.25, 0.3) is 0 Å². The van der Waals surface area contributed by atoms with Crippen molar-refractivity contribution in [1.82, 2.24) is 0 Å². The van der Waals surface area contributed by atoms with E-state index in [1.165, 1.54) is 4.88 Å². The molecule has 0 saturated heterocycles. The number of nitrogens with zero attached hydrogens (tertiary/aromatic N) is 2. The summed E-state index contributed by atoms with van der Waals surface area (Å²) in [6.07, 6.45) is 0. The number of rotatable bonds is 3. The van der Waals surface area contributed by atoms with Crippen molar-refractivity contribution in [3.8, 4) is 12.1 Å².